The maximum atomic E-state index is 12.8. The maximum absolute atomic E-state index is 12.8. The Kier molecular flexibility index (Phi) is 5.55. The van der Waals surface area contributed by atoms with Crippen LogP contribution < -0.4 is 15.8 Å². The Morgan fingerprint density at radius 3 is 2.68 bits per heavy atom. The molecular weight excluding hydrogens is 398 g/mol. The lowest BCUT2D eigenvalue weighted by Gasteiger charge is -2.34. The van der Waals surface area contributed by atoms with Crippen LogP contribution in [0.2, 0.25) is 0 Å². The number of anilines is 1. The third-order valence-electron chi connectivity index (χ3n) is 5.47. The molecule has 4 heterocycles. The number of piperazine rings is 1. The molecule has 0 saturated carbocycles. The van der Waals surface area contributed by atoms with Crippen molar-refractivity contribution in [3.05, 3.63) is 57.5 Å². The first kappa shape index (κ1) is 20.7. The molecule has 10 nitrogen and oxygen atoms in total. The molecule has 0 radical (unpaired) electrons. The topological polar surface area (TPSA) is 116 Å². The number of rotatable bonds is 5. The molecule has 4 rings (SSSR count). The number of aromatic amines is 1. The number of carbonyl (C=O) groups is 2. The monoisotopic (exact) mass is 423 g/mol. The fraction of sp³-hybridized carbons (Fsp3) is 0.381. The van der Waals surface area contributed by atoms with E-state index in [-0.39, 0.29) is 23.9 Å². The predicted octanol–water partition coefficient (Wildman–Crippen LogP) is 0.497. The molecule has 2 N–H and O–H groups in total. The number of nitrogens with one attached hydrogen (secondary N) is 2. The number of aromatic nitrogens is 4. The second-order valence-electron chi connectivity index (χ2n) is 7.56. The Balaban J connectivity index is 1.46. The van der Waals surface area contributed by atoms with Gasteiger partial charge in [0.15, 0.2) is 0 Å². The van der Waals surface area contributed by atoms with E-state index in [2.05, 4.69) is 20.3 Å². The van der Waals surface area contributed by atoms with Crippen molar-refractivity contribution >= 4 is 23.3 Å². The van der Waals surface area contributed by atoms with Gasteiger partial charge in [0.25, 0.3) is 11.5 Å². The summed E-state index contributed by atoms with van der Waals surface area (Å²) in [6, 6.07) is 3.40. The molecule has 0 aliphatic carbocycles. The number of H-pyrrole nitrogens is 1. The molecule has 1 aliphatic heterocycles. The van der Waals surface area contributed by atoms with Crippen LogP contribution in [0.1, 0.15) is 34.4 Å². The highest BCUT2D eigenvalue weighted by Gasteiger charge is 2.27. The summed E-state index contributed by atoms with van der Waals surface area (Å²) in [6.45, 7) is 5.68. The fourth-order valence-corrected chi connectivity index (χ4v) is 3.81. The van der Waals surface area contributed by atoms with Crippen molar-refractivity contribution in [3.8, 4) is 0 Å². The molecule has 0 spiro atoms. The van der Waals surface area contributed by atoms with Crippen LogP contribution in [0.4, 0.5) is 5.69 Å². The largest absolute Gasteiger partial charge is 0.354 e. The molecule has 1 saturated heterocycles. The van der Waals surface area contributed by atoms with Crippen molar-refractivity contribution in [2.75, 3.05) is 31.6 Å². The Bertz CT molecular complexity index is 1210. The van der Waals surface area contributed by atoms with Gasteiger partial charge in [0, 0.05) is 44.6 Å². The van der Waals surface area contributed by atoms with Gasteiger partial charge in [-0.15, -0.1) is 0 Å². The molecule has 10 heteroatoms. The van der Waals surface area contributed by atoms with Gasteiger partial charge in [-0.05, 0) is 25.5 Å². The van der Waals surface area contributed by atoms with Crippen molar-refractivity contribution < 1.29 is 9.59 Å². The van der Waals surface area contributed by atoms with Crippen LogP contribution in [0.25, 0.3) is 5.78 Å². The minimum Gasteiger partial charge on any atom is -0.354 e. The minimum atomic E-state index is -0.259. The number of imidazole rings is 1. The quantitative estimate of drug-likeness (QED) is 0.617. The zero-order valence-corrected chi connectivity index (χ0v) is 17.8. The zero-order valence-electron chi connectivity index (χ0n) is 17.8. The van der Waals surface area contributed by atoms with Crippen LogP contribution in [0.5, 0.6) is 0 Å². The maximum Gasteiger partial charge on any atom is 0.269 e. The van der Waals surface area contributed by atoms with Gasteiger partial charge in [-0.2, -0.15) is 0 Å². The summed E-state index contributed by atoms with van der Waals surface area (Å²) in [5.74, 6) is 0.208. The Hall–Kier alpha value is -3.53. The summed E-state index contributed by atoms with van der Waals surface area (Å²) in [6.07, 6.45) is 4.33. The fourth-order valence-electron chi connectivity index (χ4n) is 3.81. The van der Waals surface area contributed by atoms with E-state index in [1.807, 2.05) is 22.4 Å². The lowest BCUT2D eigenvalue weighted by molar-refractivity contribution is -0.121. The Morgan fingerprint density at radius 2 is 2.00 bits per heavy atom. The molecule has 1 fully saturated rings. The number of nitrogens with zero attached hydrogens (tertiary/aromatic N) is 5. The van der Waals surface area contributed by atoms with Gasteiger partial charge in [-0.1, -0.05) is 6.92 Å². The summed E-state index contributed by atoms with van der Waals surface area (Å²) in [5.41, 5.74) is 3.05. The first-order valence-electron chi connectivity index (χ1n) is 10.2. The van der Waals surface area contributed by atoms with E-state index < -0.39 is 0 Å². The Labute approximate surface area is 178 Å². The summed E-state index contributed by atoms with van der Waals surface area (Å²) in [4.78, 5) is 51.9. The number of fused-ring (bicyclic) bond motifs is 1. The third kappa shape index (κ3) is 4.06. The number of amides is 2. The normalized spacial score (nSPS) is 14.9. The molecule has 2 amide bonds. The number of aryl methyl sites for hydroxylation is 2. The van der Waals surface area contributed by atoms with Gasteiger partial charge in [0.2, 0.25) is 11.7 Å². The highest BCUT2D eigenvalue weighted by Crippen LogP contribution is 2.22. The molecule has 162 valence electrons. The van der Waals surface area contributed by atoms with Crippen molar-refractivity contribution in [1.29, 1.82) is 0 Å². The highest BCUT2D eigenvalue weighted by atomic mass is 16.2. The SMILES string of the molecule is CCc1cn2cc(CN3CCN(c4ccc(C(=O)NC)nc4C)C(=O)C3)nc2[nH]c1=O. The van der Waals surface area contributed by atoms with Crippen LogP contribution in [-0.4, -0.2) is 62.7 Å². The van der Waals surface area contributed by atoms with E-state index in [0.717, 1.165) is 11.4 Å². The van der Waals surface area contributed by atoms with Gasteiger partial charge >= 0.3 is 0 Å². The van der Waals surface area contributed by atoms with Crippen LogP contribution in [-0.2, 0) is 17.8 Å². The van der Waals surface area contributed by atoms with Crippen LogP contribution in [0, 0.1) is 6.92 Å². The molecular formula is C21H25N7O3. The molecule has 1 aliphatic rings. The number of pyridine rings is 1. The van der Waals surface area contributed by atoms with E-state index in [1.54, 1.807) is 37.2 Å². The number of hydrogen-bond acceptors (Lipinski definition) is 6. The van der Waals surface area contributed by atoms with Gasteiger partial charge in [-0.3, -0.25) is 28.7 Å². The van der Waals surface area contributed by atoms with Crippen molar-refractivity contribution in [3.63, 3.8) is 0 Å². The molecule has 0 bridgehead atoms. The van der Waals surface area contributed by atoms with Gasteiger partial charge in [0.1, 0.15) is 5.69 Å². The Morgan fingerprint density at radius 1 is 1.19 bits per heavy atom. The van der Waals surface area contributed by atoms with Gasteiger partial charge in [-0.25, -0.2) is 9.97 Å². The molecule has 3 aromatic heterocycles. The van der Waals surface area contributed by atoms with Crippen molar-refractivity contribution in [1.82, 2.24) is 29.6 Å². The summed E-state index contributed by atoms with van der Waals surface area (Å²) >= 11 is 0. The van der Waals surface area contributed by atoms with E-state index in [9.17, 15) is 14.4 Å². The summed E-state index contributed by atoms with van der Waals surface area (Å²) in [5, 5.41) is 2.55. The minimum absolute atomic E-state index is 0.0331. The second kappa shape index (κ2) is 8.31. The number of hydrogen-bond donors (Lipinski definition) is 2. The van der Waals surface area contributed by atoms with Crippen molar-refractivity contribution in [2.45, 2.75) is 26.8 Å². The molecule has 0 unspecified atom stereocenters. The summed E-state index contributed by atoms with van der Waals surface area (Å²) in [7, 11) is 1.56. The van der Waals surface area contributed by atoms with E-state index in [4.69, 9.17) is 0 Å². The van der Waals surface area contributed by atoms with Crippen LogP contribution in [0.3, 0.4) is 0 Å². The molecule has 3 aromatic rings. The van der Waals surface area contributed by atoms with E-state index in [0.29, 0.717) is 48.8 Å². The number of carbonyl (C=O) groups excluding carboxylic acids is 2. The average Bonchev–Trinajstić information content (AvgIpc) is 3.13. The van der Waals surface area contributed by atoms with Crippen molar-refractivity contribution in [2.24, 2.45) is 0 Å². The zero-order chi connectivity index (χ0) is 22.1. The third-order valence-corrected chi connectivity index (χ3v) is 5.47. The lowest BCUT2D eigenvalue weighted by atomic mass is 10.2. The highest BCUT2D eigenvalue weighted by molar-refractivity contribution is 5.97. The first-order chi connectivity index (χ1) is 14.9. The second-order valence-corrected chi connectivity index (χ2v) is 7.56. The van der Waals surface area contributed by atoms with Crippen LogP contribution >= 0.6 is 0 Å². The van der Waals surface area contributed by atoms with Crippen LogP contribution in [0.15, 0.2) is 29.3 Å². The molecule has 0 aromatic carbocycles. The lowest BCUT2D eigenvalue weighted by Crippen LogP contribution is -2.50. The molecule has 0 atom stereocenters. The standard InChI is InChI=1S/C21H25N7O3/c1-4-14-9-27-11-15(24-21(27)25-19(14)30)10-26-7-8-28(18(29)12-26)17-6-5-16(20(31)22-3)23-13(17)2/h5-6,9,11H,4,7-8,10,12H2,1-3H3,(H,22,31)(H,24,25,30). The molecule has 31 heavy (non-hydrogen) atoms. The van der Waals surface area contributed by atoms with E-state index in [1.165, 1.54) is 0 Å². The van der Waals surface area contributed by atoms with Gasteiger partial charge in [0.05, 0.1) is 23.6 Å². The van der Waals surface area contributed by atoms with E-state index >= 15 is 0 Å². The summed E-state index contributed by atoms with van der Waals surface area (Å²) < 4.78 is 1.82. The predicted molar refractivity (Wildman–Crippen MR) is 115 cm³/mol. The first-order valence-corrected chi connectivity index (χ1v) is 10.2. The average molecular weight is 423 g/mol. The van der Waals surface area contributed by atoms with Gasteiger partial charge < -0.3 is 10.2 Å². The smallest absolute Gasteiger partial charge is 0.269 e.